The first-order chi connectivity index (χ1) is 12.1. The second kappa shape index (κ2) is 8.26. The number of carbonyl (C=O) groups excluding carboxylic acids is 1. The van der Waals surface area contributed by atoms with Gasteiger partial charge in [-0.25, -0.2) is 0 Å². The molecule has 1 amide bonds. The molecule has 1 fully saturated rings. The summed E-state index contributed by atoms with van der Waals surface area (Å²) >= 11 is 0. The van der Waals surface area contributed by atoms with Gasteiger partial charge in [0, 0.05) is 24.7 Å². The minimum absolute atomic E-state index is 0.0971. The molecule has 3 rings (SSSR count). The predicted octanol–water partition coefficient (Wildman–Crippen LogP) is 3.00. The fraction of sp³-hybridized carbons (Fsp3) is 0.429. The molecule has 0 spiro atoms. The third kappa shape index (κ3) is 5.13. The normalized spacial score (nSPS) is 19.8. The zero-order valence-corrected chi connectivity index (χ0v) is 15.0. The molecule has 0 unspecified atom stereocenters. The maximum atomic E-state index is 12.4. The molecule has 25 heavy (non-hydrogen) atoms. The van der Waals surface area contributed by atoms with Gasteiger partial charge in [-0.3, -0.25) is 9.78 Å². The average molecular weight is 338 g/mol. The van der Waals surface area contributed by atoms with Crippen molar-refractivity contribution in [1.29, 1.82) is 0 Å². The highest BCUT2D eigenvalue weighted by Gasteiger charge is 2.29. The number of nitrogens with one attached hydrogen (secondary N) is 1. The van der Waals surface area contributed by atoms with E-state index in [2.05, 4.69) is 42.3 Å². The lowest BCUT2D eigenvalue weighted by Gasteiger charge is -2.19. The Bertz CT molecular complexity index is 695. The molecule has 2 heterocycles. The van der Waals surface area contributed by atoms with Crippen molar-refractivity contribution < 1.29 is 9.53 Å². The number of pyridine rings is 1. The van der Waals surface area contributed by atoms with Crippen molar-refractivity contribution in [3.8, 4) is 0 Å². The summed E-state index contributed by atoms with van der Waals surface area (Å²) in [6.45, 7) is 5.49. The van der Waals surface area contributed by atoms with Crippen LogP contribution in [0.5, 0.6) is 0 Å². The van der Waals surface area contributed by atoms with Gasteiger partial charge in [0.2, 0.25) is 5.91 Å². The van der Waals surface area contributed by atoms with Crippen LogP contribution in [-0.2, 0) is 22.4 Å². The number of hydrogen-bond acceptors (Lipinski definition) is 3. The van der Waals surface area contributed by atoms with Gasteiger partial charge in [-0.1, -0.05) is 29.3 Å². The predicted molar refractivity (Wildman–Crippen MR) is 98.4 cm³/mol. The minimum atomic E-state index is 0.0971. The lowest BCUT2D eigenvalue weighted by atomic mass is 9.95. The number of amides is 1. The Kier molecular flexibility index (Phi) is 5.82. The van der Waals surface area contributed by atoms with E-state index in [1.54, 1.807) is 0 Å². The molecular weight excluding hydrogens is 312 g/mol. The fourth-order valence-electron chi connectivity index (χ4n) is 3.53. The highest BCUT2D eigenvalue weighted by molar-refractivity contribution is 5.76. The second-order valence-corrected chi connectivity index (χ2v) is 7.03. The van der Waals surface area contributed by atoms with E-state index in [9.17, 15) is 4.79 Å². The quantitative estimate of drug-likeness (QED) is 0.881. The van der Waals surface area contributed by atoms with Crippen molar-refractivity contribution in [2.75, 3.05) is 13.2 Å². The van der Waals surface area contributed by atoms with Crippen LogP contribution in [0.2, 0.25) is 0 Å². The lowest BCUT2D eigenvalue weighted by Crippen LogP contribution is -2.40. The zero-order valence-electron chi connectivity index (χ0n) is 15.0. The number of ether oxygens (including phenoxy) is 1. The standard InChI is InChI=1S/C21H26N2O2/c1-15-9-16(2)11-18(10-15)3-4-21(24)23-20-14-25-13-19(20)12-17-5-7-22-8-6-17/h5-11,19-20H,3-4,12-14H2,1-2H3,(H,23,24)/t19-,20-/m1/s1. The highest BCUT2D eigenvalue weighted by Crippen LogP contribution is 2.19. The van der Waals surface area contributed by atoms with E-state index in [4.69, 9.17) is 4.74 Å². The zero-order chi connectivity index (χ0) is 17.6. The summed E-state index contributed by atoms with van der Waals surface area (Å²) < 4.78 is 5.61. The number of rotatable bonds is 6. The Morgan fingerprint density at radius 2 is 1.84 bits per heavy atom. The molecular formula is C21H26N2O2. The Morgan fingerprint density at radius 1 is 1.12 bits per heavy atom. The Balaban J connectivity index is 1.51. The Morgan fingerprint density at radius 3 is 2.56 bits per heavy atom. The number of carbonyl (C=O) groups is 1. The number of nitrogens with zero attached hydrogens (tertiary/aromatic N) is 1. The Labute approximate surface area is 149 Å². The summed E-state index contributed by atoms with van der Waals surface area (Å²) in [5.74, 6) is 0.432. The van der Waals surface area contributed by atoms with Gasteiger partial charge in [-0.05, 0) is 49.9 Å². The van der Waals surface area contributed by atoms with Gasteiger partial charge < -0.3 is 10.1 Å². The first kappa shape index (κ1) is 17.6. The second-order valence-electron chi connectivity index (χ2n) is 7.03. The number of benzene rings is 1. The Hall–Kier alpha value is -2.20. The summed E-state index contributed by atoms with van der Waals surface area (Å²) in [4.78, 5) is 16.4. The largest absolute Gasteiger partial charge is 0.379 e. The molecule has 0 bridgehead atoms. The third-order valence-corrected chi connectivity index (χ3v) is 4.71. The monoisotopic (exact) mass is 338 g/mol. The first-order valence-electron chi connectivity index (χ1n) is 8.93. The molecule has 1 aromatic carbocycles. The molecule has 0 radical (unpaired) electrons. The summed E-state index contributed by atoms with van der Waals surface area (Å²) in [6.07, 6.45) is 5.81. The van der Waals surface area contributed by atoms with Crippen molar-refractivity contribution in [2.45, 2.75) is 39.2 Å². The average Bonchev–Trinajstić information content (AvgIpc) is 3.00. The minimum Gasteiger partial charge on any atom is -0.379 e. The molecule has 4 nitrogen and oxygen atoms in total. The van der Waals surface area contributed by atoms with Crippen LogP contribution in [0.25, 0.3) is 0 Å². The van der Waals surface area contributed by atoms with Crippen molar-refractivity contribution in [3.05, 3.63) is 65.0 Å². The number of hydrogen-bond donors (Lipinski definition) is 1. The van der Waals surface area contributed by atoms with Crippen molar-refractivity contribution in [3.63, 3.8) is 0 Å². The van der Waals surface area contributed by atoms with Crippen LogP contribution >= 0.6 is 0 Å². The van der Waals surface area contributed by atoms with E-state index < -0.39 is 0 Å². The van der Waals surface area contributed by atoms with Gasteiger partial charge in [-0.2, -0.15) is 0 Å². The molecule has 1 aromatic heterocycles. The highest BCUT2D eigenvalue weighted by atomic mass is 16.5. The molecule has 1 aliphatic heterocycles. The maximum Gasteiger partial charge on any atom is 0.220 e. The van der Waals surface area contributed by atoms with Gasteiger partial charge in [0.25, 0.3) is 0 Å². The van der Waals surface area contributed by atoms with Crippen molar-refractivity contribution in [1.82, 2.24) is 10.3 Å². The van der Waals surface area contributed by atoms with Crippen LogP contribution in [0.1, 0.15) is 28.7 Å². The van der Waals surface area contributed by atoms with E-state index in [1.807, 2.05) is 24.5 Å². The van der Waals surface area contributed by atoms with Crippen molar-refractivity contribution >= 4 is 5.91 Å². The number of aromatic nitrogens is 1. The van der Waals surface area contributed by atoms with Gasteiger partial charge in [0.05, 0.1) is 19.3 Å². The first-order valence-corrected chi connectivity index (χ1v) is 8.93. The van der Waals surface area contributed by atoms with Crippen LogP contribution in [0.3, 0.4) is 0 Å². The molecule has 0 aliphatic carbocycles. The van der Waals surface area contributed by atoms with E-state index >= 15 is 0 Å². The molecule has 132 valence electrons. The van der Waals surface area contributed by atoms with Gasteiger partial charge in [0.1, 0.15) is 0 Å². The fourth-order valence-corrected chi connectivity index (χ4v) is 3.53. The van der Waals surface area contributed by atoms with Gasteiger partial charge >= 0.3 is 0 Å². The molecule has 1 N–H and O–H groups in total. The topological polar surface area (TPSA) is 51.2 Å². The summed E-state index contributed by atoms with van der Waals surface area (Å²) in [5, 5.41) is 3.17. The molecule has 1 saturated heterocycles. The molecule has 0 saturated carbocycles. The van der Waals surface area contributed by atoms with Crippen LogP contribution in [0, 0.1) is 19.8 Å². The summed E-state index contributed by atoms with van der Waals surface area (Å²) in [5.41, 5.74) is 4.96. The van der Waals surface area contributed by atoms with Crippen LogP contribution in [-0.4, -0.2) is 30.1 Å². The van der Waals surface area contributed by atoms with E-state index in [0.717, 1.165) is 12.8 Å². The molecule has 4 heteroatoms. The van der Waals surface area contributed by atoms with Crippen LogP contribution in [0.15, 0.2) is 42.7 Å². The van der Waals surface area contributed by atoms with E-state index in [0.29, 0.717) is 25.6 Å². The molecule has 2 aromatic rings. The molecule has 1 aliphatic rings. The van der Waals surface area contributed by atoms with E-state index in [1.165, 1.54) is 22.3 Å². The SMILES string of the molecule is Cc1cc(C)cc(CCC(=O)N[C@@H]2COC[C@H]2Cc2ccncc2)c1. The maximum absolute atomic E-state index is 12.4. The van der Waals surface area contributed by atoms with Crippen molar-refractivity contribution in [2.24, 2.45) is 5.92 Å². The van der Waals surface area contributed by atoms with E-state index in [-0.39, 0.29) is 11.9 Å². The summed E-state index contributed by atoms with van der Waals surface area (Å²) in [7, 11) is 0. The van der Waals surface area contributed by atoms with Crippen LogP contribution in [0.4, 0.5) is 0 Å². The van der Waals surface area contributed by atoms with Crippen LogP contribution < -0.4 is 5.32 Å². The molecule has 2 atom stereocenters. The summed E-state index contributed by atoms with van der Waals surface area (Å²) in [6, 6.07) is 10.6. The number of aryl methyl sites for hydroxylation is 3. The lowest BCUT2D eigenvalue weighted by molar-refractivity contribution is -0.122. The smallest absolute Gasteiger partial charge is 0.220 e. The third-order valence-electron chi connectivity index (χ3n) is 4.71. The van der Waals surface area contributed by atoms with Gasteiger partial charge in [-0.15, -0.1) is 0 Å². The van der Waals surface area contributed by atoms with Gasteiger partial charge in [0.15, 0.2) is 0 Å².